The van der Waals surface area contributed by atoms with Crippen LogP contribution in [-0.4, -0.2) is 35.0 Å². The summed E-state index contributed by atoms with van der Waals surface area (Å²) in [5, 5.41) is 11.7. The number of amides is 1. The average Bonchev–Trinajstić information content (AvgIpc) is 3.49. The van der Waals surface area contributed by atoms with Crippen molar-refractivity contribution < 1.29 is 24.2 Å². The molecule has 1 aliphatic heterocycles. The lowest BCUT2D eigenvalue weighted by molar-refractivity contribution is -0.132. The first-order valence-corrected chi connectivity index (χ1v) is 14.0. The second-order valence-electron chi connectivity index (χ2n) is 9.22. The SMILES string of the molecule is CCCCCOc1cccc(C2/C(=C(\O)c3ccccc3)C(=O)C(=O)N2c2nc3ccc(OCC)cc3s2)c1. The Morgan fingerprint density at radius 2 is 1.74 bits per heavy atom. The first-order chi connectivity index (χ1) is 19.0. The molecule has 0 aliphatic carbocycles. The number of ether oxygens (including phenoxy) is 2. The van der Waals surface area contributed by atoms with Crippen molar-refractivity contribution in [2.45, 2.75) is 39.2 Å². The number of rotatable bonds is 10. The number of ketones is 1. The number of aliphatic hydroxyl groups excluding tert-OH is 1. The van der Waals surface area contributed by atoms with Gasteiger partial charge in [-0.1, -0.05) is 73.6 Å². The quantitative estimate of drug-likeness (QED) is 0.102. The Morgan fingerprint density at radius 1 is 0.949 bits per heavy atom. The van der Waals surface area contributed by atoms with Crippen molar-refractivity contribution in [2.24, 2.45) is 0 Å². The largest absolute Gasteiger partial charge is 0.507 e. The molecule has 5 rings (SSSR count). The molecule has 1 atom stereocenters. The number of aromatic nitrogens is 1. The summed E-state index contributed by atoms with van der Waals surface area (Å²) in [4.78, 5) is 33.1. The molecule has 8 heteroatoms. The minimum Gasteiger partial charge on any atom is -0.507 e. The number of anilines is 1. The van der Waals surface area contributed by atoms with Gasteiger partial charge in [-0.2, -0.15) is 0 Å². The number of benzene rings is 3. The fraction of sp³-hybridized carbons (Fsp3) is 0.258. The van der Waals surface area contributed by atoms with E-state index in [0.29, 0.717) is 46.5 Å². The van der Waals surface area contributed by atoms with Gasteiger partial charge in [0.1, 0.15) is 17.3 Å². The standard InChI is InChI=1S/C31H30N2O5S/c1-3-5-9-17-38-22-14-10-13-21(18-22)27-26(28(34)20-11-7-6-8-12-20)29(35)30(36)33(27)31-32-24-16-15-23(37-4-2)19-25(24)39-31/h6-8,10-16,18-19,27,34H,3-5,9,17H2,1-2H3/b28-26+. The van der Waals surface area contributed by atoms with E-state index in [1.165, 1.54) is 16.2 Å². The van der Waals surface area contributed by atoms with Gasteiger partial charge in [-0.15, -0.1) is 0 Å². The molecule has 3 aromatic carbocycles. The highest BCUT2D eigenvalue weighted by Gasteiger charge is 2.48. The van der Waals surface area contributed by atoms with Crippen LogP contribution in [0.3, 0.4) is 0 Å². The van der Waals surface area contributed by atoms with E-state index in [2.05, 4.69) is 6.92 Å². The molecule has 1 unspecified atom stereocenters. The van der Waals surface area contributed by atoms with Crippen LogP contribution in [0.25, 0.3) is 16.0 Å². The molecule has 39 heavy (non-hydrogen) atoms. The van der Waals surface area contributed by atoms with Crippen molar-refractivity contribution in [1.82, 2.24) is 4.98 Å². The molecular weight excluding hydrogens is 512 g/mol. The minimum atomic E-state index is -0.878. The molecule has 2 heterocycles. The molecule has 1 fully saturated rings. The Labute approximate surface area is 231 Å². The van der Waals surface area contributed by atoms with Crippen LogP contribution < -0.4 is 14.4 Å². The first kappa shape index (κ1) is 26.4. The number of aliphatic hydroxyl groups is 1. The molecule has 1 amide bonds. The van der Waals surface area contributed by atoms with Gasteiger partial charge in [0.15, 0.2) is 5.13 Å². The fourth-order valence-electron chi connectivity index (χ4n) is 4.67. The first-order valence-electron chi connectivity index (χ1n) is 13.1. The number of hydrogen-bond acceptors (Lipinski definition) is 7. The highest BCUT2D eigenvalue weighted by atomic mass is 32.1. The van der Waals surface area contributed by atoms with E-state index in [0.717, 1.165) is 24.0 Å². The lowest BCUT2D eigenvalue weighted by atomic mass is 9.95. The van der Waals surface area contributed by atoms with Crippen LogP contribution in [0.2, 0.25) is 0 Å². The van der Waals surface area contributed by atoms with Gasteiger partial charge in [-0.05, 0) is 49.2 Å². The van der Waals surface area contributed by atoms with Crippen molar-refractivity contribution in [1.29, 1.82) is 0 Å². The van der Waals surface area contributed by atoms with Gasteiger partial charge in [-0.3, -0.25) is 14.5 Å². The Balaban J connectivity index is 1.62. The van der Waals surface area contributed by atoms with E-state index in [9.17, 15) is 14.7 Å². The Kier molecular flexibility index (Phi) is 7.93. The van der Waals surface area contributed by atoms with Gasteiger partial charge < -0.3 is 14.6 Å². The van der Waals surface area contributed by atoms with Gasteiger partial charge >= 0.3 is 5.91 Å². The summed E-state index contributed by atoms with van der Waals surface area (Å²) in [6.45, 7) is 5.15. The molecule has 7 nitrogen and oxygen atoms in total. The molecule has 4 aromatic rings. The summed E-state index contributed by atoms with van der Waals surface area (Å²) in [6.07, 6.45) is 3.09. The van der Waals surface area contributed by atoms with Gasteiger partial charge in [0.2, 0.25) is 0 Å². The van der Waals surface area contributed by atoms with E-state index in [-0.39, 0.29) is 11.3 Å². The van der Waals surface area contributed by atoms with Crippen LogP contribution in [0.1, 0.15) is 50.3 Å². The number of thiazole rings is 1. The summed E-state index contributed by atoms with van der Waals surface area (Å²) in [7, 11) is 0. The minimum absolute atomic E-state index is 0.0172. The summed E-state index contributed by atoms with van der Waals surface area (Å²) in [6, 6.07) is 20.8. The van der Waals surface area contributed by atoms with Crippen molar-refractivity contribution in [3.8, 4) is 11.5 Å². The summed E-state index contributed by atoms with van der Waals surface area (Å²) in [5.41, 5.74) is 1.81. The van der Waals surface area contributed by atoms with Gasteiger partial charge in [0, 0.05) is 5.56 Å². The highest BCUT2D eigenvalue weighted by Crippen LogP contribution is 2.45. The number of carbonyl (C=O) groups is 2. The Hall–Kier alpha value is -4.17. The second-order valence-corrected chi connectivity index (χ2v) is 10.2. The lowest BCUT2D eigenvalue weighted by Crippen LogP contribution is -2.29. The fourth-order valence-corrected chi connectivity index (χ4v) is 5.69. The number of hydrogen-bond donors (Lipinski definition) is 1. The smallest absolute Gasteiger partial charge is 0.301 e. The molecule has 1 aliphatic rings. The van der Waals surface area contributed by atoms with Crippen molar-refractivity contribution in [2.75, 3.05) is 18.1 Å². The summed E-state index contributed by atoms with van der Waals surface area (Å²) >= 11 is 1.30. The monoisotopic (exact) mass is 542 g/mol. The molecule has 1 aromatic heterocycles. The van der Waals surface area contributed by atoms with Gasteiger partial charge in [0.05, 0.1) is 35.0 Å². The molecule has 0 radical (unpaired) electrons. The third kappa shape index (κ3) is 5.38. The molecule has 0 bridgehead atoms. The number of nitrogens with zero attached hydrogens (tertiary/aromatic N) is 2. The second kappa shape index (κ2) is 11.7. The van der Waals surface area contributed by atoms with E-state index in [1.54, 1.807) is 24.3 Å². The zero-order valence-corrected chi connectivity index (χ0v) is 22.7. The Bertz CT molecular complexity index is 1530. The van der Waals surface area contributed by atoms with E-state index in [4.69, 9.17) is 14.5 Å². The molecule has 0 saturated carbocycles. The highest BCUT2D eigenvalue weighted by molar-refractivity contribution is 7.22. The maximum atomic E-state index is 13.6. The molecule has 1 N–H and O–H groups in total. The Morgan fingerprint density at radius 3 is 2.51 bits per heavy atom. The lowest BCUT2D eigenvalue weighted by Gasteiger charge is -2.23. The van der Waals surface area contributed by atoms with Crippen LogP contribution in [0, 0.1) is 0 Å². The van der Waals surface area contributed by atoms with Gasteiger partial charge in [-0.25, -0.2) is 4.98 Å². The van der Waals surface area contributed by atoms with E-state index in [1.807, 2.05) is 55.5 Å². The number of fused-ring (bicyclic) bond motifs is 1. The van der Waals surface area contributed by atoms with Crippen LogP contribution in [0.4, 0.5) is 5.13 Å². The van der Waals surface area contributed by atoms with Crippen molar-refractivity contribution in [3.63, 3.8) is 0 Å². The summed E-state index contributed by atoms with van der Waals surface area (Å²) in [5.74, 6) is -0.383. The predicted molar refractivity (Wildman–Crippen MR) is 153 cm³/mol. The normalized spacial score (nSPS) is 16.7. The van der Waals surface area contributed by atoms with Crippen LogP contribution in [0.5, 0.6) is 11.5 Å². The van der Waals surface area contributed by atoms with E-state index < -0.39 is 17.7 Å². The maximum absolute atomic E-state index is 13.6. The number of Topliss-reactive ketones (excluding diaryl/α,β-unsaturated/α-hetero) is 1. The third-order valence-electron chi connectivity index (χ3n) is 6.55. The van der Waals surface area contributed by atoms with Crippen LogP contribution in [-0.2, 0) is 9.59 Å². The predicted octanol–water partition coefficient (Wildman–Crippen LogP) is 6.89. The van der Waals surface area contributed by atoms with Crippen molar-refractivity contribution in [3.05, 3.63) is 89.5 Å². The molecular formula is C31H30N2O5S. The molecule has 1 saturated heterocycles. The molecule has 200 valence electrons. The number of carbonyl (C=O) groups excluding carboxylic acids is 2. The van der Waals surface area contributed by atoms with Crippen LogP contribution in [0.15, 0.2) is 78.4 Å². The zero-order valence-electron chi connectivity index (χ0n) is 21.9. The average molecular weight is 543 g/mol. The van der Waals surface area contributed by atoms with Crippen LogP contribution >= 0.6 is 11.3 Å². The molecule has 0 spiro atoms. The third-order valence-corrected chi connectivity index (χ3v) is 7.57. The van der Waals surface area contributed by atoms with E-state index >= 15 is 0 Å². The zero-order chi connectivity index (χ0) is 27.4. The number of unbranched alkanes of at least 4 members (excludes halogenated alkanes) is 2. The topological polar surface area (TPSA) is 89.0 Å². The van der Waals surface area contributed by atoms with Crippen molar-refractivity contribution >= 4 is 44.1 Å². The summed E-state index contributed by atoms with van der Waals surface area (Å²) < 4.78 is 12.4. The van der Waals surface area contributed by atoms with Gasteiger partial charge in [0.25, 0.3) is 5.78 Å². The maximum Gasteiger partial charge on any atom is 0.301 e.